The Morgan fingerprint density at radius 1 is 0.746 bits per heavy atom. The van der Waals surface area contributed by atoms with Crippen LogP contribution in [0, 0.1) is 50.2 Å². The Kier molecular flexibility index (Phi) is 11.6. The molecule has 7 rings (SSSR count). The van der Waals surface area contributed by atoms with Gasteiger partial charge in [0.15, 0.2) is 12.4 Å². The lowest BCUT2D eigenvalue weighted by Gasteiger charge is -2.71. The van der Waals surface area contributed by atoms with Gasteiger partial charge in [0.25, 0.3) is 0 Å². The number of esters is 2. The van der Waals surface area contributed by atoms with Crippen LogP contribution in [0.4, 0.5) is 0 Å². The number of carbonyl (C=O) groups is 3. The second-order valence-corrected chi connectivity index (χ2v) is 20.6. The lowest BCUT2D eigenvalue weighted by atomic mass is 9.33. The largest absolute Gasteiger partial charge is 0.479 e. The van der Waals surface area contributed by atoms with Gasteiger partial charge in [0.2, 0.25) is 6.29 Å². The maximum atomic E-state index is 14.7. The highest BCUT2D eigenvalue weighted by Crippen LogP contribution is 2.76. The Bertz CT molecular complexity index is 1680. The number of ether oxygens (including phenoxy) is 5. The van der Waals surface area contributed by atoms with Gasteiger partial charge in [0.1, 0.15) is 42.7 Å². The molecule has 2 aliphatic heterocycles. The summed E-state index contributed by atoms with van der Waals surface area (Å²) in [6.45, 7) is 12.5. The van der Waals surface area contributed by atoms with Gasteiger partial charge < -0.3 is 64.5 Å². The molecule has 4 saturated carbocycles. The van der Waals surface area contributed by atoms with Crippen molar-refractivity contribution in [2.45, 2.75) is 173 Å². The molecule has 0 spiro atoms. The van der Waals surface area contributed by atoms with E-state index in [4.69, 9.17) is 23.7 Å². The number of carboxylic acids is 1. The van der Waals surface area contributed by atoms with Crippen LogP contribution in [0.5, 0.6) is 0 Å². The Balaban J connectivity index is 1.19. The molecule has 0 aromatic rings. The summed E-state index contributed by atoms with van der Waals surface area (Å²) in [6, 6.07) is 0. The van der Waals surface area contributed by atoms with Crippen molar-refractivity contribution in [3.8, 4) is 0 Å². The zero-order valence-electron chi connectivity index (χ0n) is 35.3. The van der Waals surface area contributed by atoms with Crippen molar-refractivity contribution < 1.29 is 78.9 Å². The average Bonchev–Trinajstić information content (AvgIpc) is 3.18. The van der Waals surface area contributed by atoms with Crippen LogP contribution in [0.2, 0.25) is 0 Å². The van der Waals surface area contributed by atoms with Gasteiger partial charge in [-0.25, -0.2) is 4.79 Å². The summed E-state index contributed by atoms with van der Waals surface area (Å²) in [5.74, 6) is -2.52. The summed E-state index contributed by atoms with van der Waals surface area (Å²) in [7, 11) is 1.37. The Hall–Kier alpha value is -2.25. The number of hydrogen-bond donors (Lipinski definition) is 8. The van der Waals surface area contributed by atoms with E-state index in [-0.39, 0.29) is 28.6 Å². The van der Waals surface area contributed by atoms with E-state index < -0.39 is 114 Å². The van der Waals surface area contributed by atoms with Crippen LogP contribution < -0.4 is 0 Å². The fourth-order valence-electron chi connectivity index (χ4n) is 13.8. The van der Waals surface area contributed by atoms with Crippen LogP contribution in [0.3, 0.4) is 0 Å². The first-order chi connectivity index (χ1) is 27.5. The Morgan fingerprint density at radius 2 is 1.39 bits per heavy atom. The first-order valence-electron chi connectivity index (χ1n) is 21.4. The minimum Gasteiger partial charge on any atom is -0.479 e. The van der Waals surface area contributed by atoms with Gasteiger partial charge >= 0.3 is 17.9 Å². The second-order valence-electron chi connectivity index (χ2n) is 20.6. The Labute approximate surface area is 345 Å². The van der Waals surface area contributed by atoms with Crippen molar-refractivity contribution in [3.05, 3.63) is 11.6 Å². The van der Waals surface area contributed by atoms with Crippen LogP contribution in [0.15, 0.2) is 11.6 Å². The zero-order valence-corrected chi connectivity index (χ0v) is 35.3. The fraction of sp³-hybridized carbons (Fsp3) is 0.884. The van der Waals surface area contributed by atoms with E-state index >= 15 is 0 Å². The molecule has 6 fully saturated rings. The zero-order chi connectivity index (χ0) is 43.4. The molecule has 0 aromatic carbocycles. The minimum absolute atomic E-state index is 0.144. The molecule has 0 amide bonds. The van der Waals surface area contributed by atoms with Crippen LogP contribution in [-0.2, 0) is 38.1 Å². The quantitative estimate of drug-likeness (QED) is 0.103. The predicted octanol–water partition coefficient (Wildman–Crippen LogP) is 1.56. The number of fused-ring (bicyclic) bond motifs is 7. The van der Waals surface area contributed by atoms with Crippen molar-refractivity contribution >= 4 is 17.9 Å². The lowest BCUT2D eigenvalue weighted by Crippen LogP contribution is -2.66. The average molecular weight is 839 g/mol. The van der Waals surface area contributed by atoms with Crippen molar-refractivity contribution in [1.29, 1.82) is 0 Å². The standard InChI is InChI=1S/C43H66O16/c1-38(2)23-10-13-42(6)24(40(23,4)12-11-25(38)57-35-31(50)28(47)29(48)32(58-35)33(51)52)9-8-20-21-18-39(3,36(53)55-7)14-16-43(21,17-15-41(20,42)5)37(54)59-34-30(49)27(46)26(45)22(19-44)56-34/h8,21-32,34-35,44-50H,9-19H2,1-7H3,(H,51,52)/t21-,22+,23?,24?,25-,26+,27-,28-,29-,30+,31+,32-,34-,35+,39-,40-,41+,42+,43-/m1/s1. The van der Waals surface area contributed by atoms with Crippen LogP contribution in [-0.4, -0.2) is 140 Å². The number of hydrogen-bond acceptors (Lipinski definition) is 15. The summed E-state index contributed by atoms with van der Waals surface area (Å²) in [5, 5.41) is 82.6. The number of methoxy groups -OCH3 is 1. The molecule has 16 heteroatoms. The molecule has 16 nitrogen and oxygen atoms in total. The summed E-state index contributed by atoms with van der Waals surface area (Å²) < 4.78 is 28.8. The highest BCUT2D eigenvalue weighted by atomic mass is 16.7. The molecule has 7 aliphatic rings. The van der Waals surface area contributed by atoms with E-state index in [1.807, 2.05) is 6.92 Å². The molecule has 0 aromatic heterocycles. The van der Waals surface area contributed by atoms with Gasteiger partial charge in [-0.2, -0.15) is 0 Å². The number of aliphatic hydroxyl groups is 7. The predicted molar refractivity (Wildman–Crippen MR) is 204 cm³/mol. The van der Waals surface area contributed by atoms with E-state index in [9.17, 15) is 55.2 Å². The normalized spacial score (nSPS) is 51.7. The lowest BCUT2D eigenvalue weighted by molar-refractivity contribution is -0.324. The summed E-state index contributed by atoms with van der Waals surface area (Å²) in [5.41, 5.74) is -2.15. The number of carbonyl (C=O) groups excluding carboxylic acids is 2. The van der Waals surface area contributed by atoms with Crippen molar-refractivity contribution in [1.82, 2.24) is 0 Å². The number of carboxylic acid groups (broad SMARTS) is 1. The Morgan fingerprint density at radius 3 is 2.03 bits per heavy atom. The molecular weight excluding hydrogens is 772 g/mol. The van der Waals surface area contributed by atoms with Gasteiger partial charge in [-0.05, 0) is 111 Å². The number of rotatable bonds is 7. The van der Waals surface area contributed by atoms with E-state index in [1.54, 1.807) is 0 Å². The molecular formula is C43H66O16. The number of allylic oxidation sites excluding steroid dienone is 2. The van der Waals surface area contributed by atoms with Gasteiger partial charge in [0, 0.05) is 0 Å². The van der Waals surface area contributed by atoms with Gasteiger partial charge in [-0.1, -0.05) is 46.3 Å². The monoisotopic (exact) mass is 838 g/mol. The van der Waals surface area contributed by atoms with Crippen LogP contribution in [0.25, 0.3) is 0 Å². The van der Waals surface area contributed by atoms with Gasteiger partial charge in [-0.15, -0.1) is 0 Å². The van der Waals surface area contributed by atoms with E-state index in [0.29, 0.717) is 44.9 Å². The summed E-state index contributed by atoms with van der Waals surface area (Å²) in [4.78, 5) is 39.9. The first kappa shape index (κ1) is 44.8. The molecule has 0 radical (unpaired) electrons. The fourth-order valence-corrected chi connectivity index (χ4v) is 13.8. The van der Waals surface area contributed by atoms with E-state index in [1.165, 1.54) is 7.11 Å². The maximum Gasteiger partial charge on any atom is 0.335 e. The molecule has 8 N–H and O–H groups in total. The molecule has 2 saturated heterocycles. The molecule has 5 aliphatic carbocycles. The smallest absolute Gasteiger partial charge is 0.335 e. The van der Waals surface area contributed by atoms with Crippen molar-refractivity contribution in [2.24, 2.45) is 50.2 Å². The third kappa shape index (κ3) is 6.56. The number of aliphatic carboxylic acids is 1. The highest BCUT2D eigenvalue weighted by molar-refractivity contribution is 5.81. The topological polar surface area (TPSA) is 259 Å². The van der Waals surface area contributed by atoms with Crippen molar-refractivity contribution in [2.75, 3.05) is 13.7 Å². The minimum atomic E-state index is -1.81. The number of aliphatic hydroxyl groups excluding tert-OH is 7. The molecule has 59 heavy (non-hydrogen) atoms. The molecule has 19 atom stereocenters. The van der Waals surface area contributed by atoms with Crippen LogP contribution >= 0.6 is 0 Å². The SMILES string of the molecule is COC(=O)[C@]1(C)CC[C@@]2(C(=O)O[C@H]3O[C@@H](CO)[C@H](O)[C@@H](O)[C@@H]3O)CC[C@@]3(C)C(=CCC4[C@]5(C)CC[C@@H](O[C@H]6O[C@@H](C(=O)O)[C@H](O)[C@@H](O)[C@@H]6O)C(C)(C)C5CC[C@@]43C)[C@H]2C1. The van der Waals surface area contributed by atoms with E-state index in [2.05, 4.69) is 40.7 Å². The van der Waals surface area contributed by atoms with Gasteiger partial charge in [-0.3, -0.25) is 9.59 Å². The molecule has 2 unspecified atom stereocenters. The van der Waals surface area contributed by atoms with Crippen molar-refractivity contribution in [3.63, 3.8) is 0 Å². The van der Waals surface area contributed by atoms with Gasteiger partial charge in [0.05, 0.1) is 30.7 Å². The van der Waals surface area contributed by atoms with Crippen LogP contribution in [0.1, 0.15) is 106 Å². The first-order valence-corrected chi connectivity index (χ1v) is 21.4. The molecule has 334 valence electrons. The van der Waals surface area contributed by atoms with E-state index in [0.717, 1.165) is 24.8 Å². The molecule has 0 bridgehead atoms. The third-order valence-corrected chi connectivity index (χ3v) is 17.6. The third-order valence-electron chi connectivity index (χ3n) is 17.6. The highest BCUT2D eigenvalue weighted by Gasteiger charge is 2.70. The summed E-state index contributed by atoms with van der Waals surface area (Å²) in [6.07, 6.45) is -8.69. The second kappa shape index (κ2) is 15.2. The maximum absolute atomic E-state index is 14.7. The molecule has 2 heterocycles. The summed E-state index contributed by atoms with van der Waals surface area (Å²) >= 11 is 0.